The molecule has 0 aliphatic carbocycles. The van der Waals surface area contributed by atoms with Gasteiger partial charge in [-0.05, 0) is 133 Å². The van der Waals surface area contributed by atoms with Crippen molar-refractivity contribution in [2.75, 3.05) is 5.73 Å². The SMILES string of the molecule is Cc1cc(O)ccc1-[n+]1ccc(-c2cc[n+](-c3ccc(O)cc3C)cc2)cc1.Cc1cc(O)ccc1N.O=[N+]([O-])c1ccc(-[n+]2ccc(-c3cc[n+](-c4ccc([N+](=O)[O-])cc4[N+](=O)[O-])cc3)cc2)c([N+](=O)[O-])c1.O=[N+]([O-])c1ccc(Cl)c([N+](=O)[O-])c1.c1cc(-c2ccncc2)ccn1. The topological polar surface area (TPSA) is 387 Å². The molecule has 0 amide bonds. The highest BCUT2D eigenvalue weighted by atomic mass is 35.5. The van der Waals surface area contributed by atoms with Crippen molar-refractivity contribution in [1.82, 2.24) is 9.97 Å². The number of aromatic hydroxyl groups is 3. The number of aryl methyl sites for hydroxylation is 3. The van der Waals surface area contributed by atoms with E-state index in [0.717, 1.165) is 80.7 Å². The molecule has 0 fully saturated rings. The molecule has 0 saturated carbocycles. The number of nitrogen functional groups attached to an aromatic ring is 1. The molecule has 0 aliphatic heterocycles. The van der Waals surface area contributed by atoms with Crippen LogP contribution in [0.4, 0.5) is 39.8 Å². The van der Waals surface area contributed by atoms with Crippen LogP contribution in [0.1, 0.15) is 16.7 Å². The fourth-order valence-corrected chi connectivity index (χ4v) is 9.65. The summed E-state index contributed by atoms with van der Waals surface area (Å²) in [4.78, 5) is 68.9. The van der Waals surface area contributed by atoms with E-state index in [-0.39, 0.29) is 39.3 Å². The summed E-state index contributed by atoms with van der Waals surface area (Å²) in [7, 11) is 0. The Bertz CT molecular complexity index is 4660. The third-order valence-corrected chi connectivity index (χ3v) is 14.8. The summed E-state index contributed by atoms with van der Waals surface area (Å²) in [5, 5.41) is 93.2. The van der Waals surface area contributed by atoms with Gasteiger partial charge in [-0.2, -0.15) is 18.3 Å². The van der Waals surface area contributed by atoms with Gasteiger partial charge in [0.05, 0.1) is 35.6 Å². The number of nitrogens with zero attached hydrogens (tertiary/aromatic N) is 12. The van der Waals surface area contributed by atoms with Crippen LogP contribution in [0.5, 0.6) is 17.2 Å². The summed E-state index contributed by atoms with van der Waals surface area (Å²) in [6.07, 6.45) is 21.5. The molecule has 0 radical (unpaired) electrons. The van der Waals surface area contributed by atoms with E-state index < -0.39 is 58.0 Å². The van der Waals surface area contributed by atoms with E-state index in [9.17, 15) is 70.9 Å². The van der Waals surface area contributed by atoms with Crippen LogP contribution in [-0.2, 0) is 0 Å². The first-order chi connectivity index (χ1) is 46.8. The molecular formula is C69H56ClN13O15+4. The van der Waals surface area contributed by atoms with Crippen LogP contribution < -0.4 is 24.0 Å². The van der Waals surface area contributed by atoms with Gasteiger partial charge in [-0.1, -0.05) is 11.6 Å². The van der Waals surface area contributed by atoms with Gasteiger partial charge in [-0.15, -0.1) is 0 Å². The monoisotopic (exact) mass is 1340 g/mol. The number of phenols is 3. The standard InChI is InChI=1S/C24H20N2O2.C22H14N6O8.C10H8N2.C7H9NO.C6H3ClN2O4/c1-17-15-21(27)3-5-23(17)25-11-7-19(8-12-25)20-9-13-26(14-10-20)24-6-4-22(28)16-18(24)2;29-25(30)17-1-3-19(21(13-17)27(33)34)23-9-5-15(6-10-23)16-7-11-24(12-8-16)20-4-2-18(26(31)32)14-22(20)28(35)36;1-5-11-6-2-9(1)10-3-7-12-8-4-10;1-5-4-6(9)2-3-7(5)8;7-5-2-1-4(8(10)11)3-6(5)9(12)13/h3-16H,1-2H3;1-14H;1-8H;2-4,9H,8H2,1H3;1-3H/q;+2;;;/p+2. The molecule has 0 atom stereocenters. The molecule has 98 heavy (non-hydrogen) atoms. The fraction of sp³-hybridized carbons (Fsp3) is 0.0435. The largest absolute Gasteiger partial charge is 0.508 e. The van der Waals surface area contributed by atoms with Crippen molar-refractivity contribution >= 4 is 51.4 Å². The quantitative estimate of drug-likeness (QED) is 0.0274. The Morgan fingerprint density at radius 3 is 0.878 bits per heavy atom. The molecule has 12 aromatic rings. The number of anilines is 1. The minimum absolute atomic E-state index is 0.115. The molecule has 0 unspecified atom stereocenters. The average Bonchev–Trinajstić information content (AvgIpc) is 0.818. The number of hydrogen-bond donors (Lipinski definition) is 4. The van der Waals surface area contributed by atoms with E-state index in [4.69, 9.17) is 22.4 Å². The summed E-state index contributed by atoms with van der Waals surface area (Å²) in [6, 6.07) is 48.4. The Morgan fingerprint density at radius 2 is 0.592 bits per heavy atom. The summed E-state index contributed by atoms with van der Waals surface area (Å²) in [5.41, 5.74) is 15.1. The molecule has 28 nitrogen and oxygen atoms in total. The average molecular weight is 1340 g/mol. The number of non-ortho nitro benzene ring substituents is 3. The van der Waals surface area contributed by atoms with Crippen molar-refractivity contribution in [1.29, 1.82) is 0 Å². The number of nitro benzene ring substituents is 6. The molecule has 0 saturated heterocycles. The van der Waals surface area contributed by atoms with Crippen molar-refractivity contribution in [3.8, 4) is 73.4 Å². The number of nitro groups is 6. The summed E-state index contributed by atoms with van der Waals surface area (Å²) in [5.74, 6) is 0.821. The zero-order chi connectivity index (χ0) is 70.7. The number of hydrogen-bond acceptors (Lipinski definition) is 18. The Balaban J connectivity index is 0.000000172. The Hall–Kier alpha value is -13.9. The van der Waals surface area contributed by atoms with Crippen molar-refractivity contribution in [3.63, 3.8) is 0 Å². The molecule has 0 spiro atoms. The normalized spacial score (nSPS) is 10.3. The van der Waals surface area contributed by atoms with Crippen molar-refractivity contribution in [3.05, 3.63) is 339 Å². The minimum Gasteiger partial charge on any atom is -0.508 e. The maximum absolute atomic E-state index is 11.4. The van der Waals surface area contributed by atoms with Crippen LogP contribution in [0, 0.1) is 81.5 Å². The van der Waals surface area contributed by atoms with E-state index in [0.29, 0.717) is 5.69 Å². The summed E-state index contributed by atoms with van der Waals surface area (Å²) in [6.45, 7) is 5.82. The lowest BCUT2D eigenvalue weighted by molar-refractivity contribution is -0.601. The number of phenolic OH excluding ortho intramolecular Hbond substituents is 3. The van der Waals surface area contributed by atoms with Crippen LogP contribution >= 0.6 is 11.6 Å². The molecule has 12 rings (SSSR count). The zero-order valence-corrected chi connectivity index (χ0v) is 52.6. The van der Waals surface area contributed by atoms with E-state index in [1.54, 1.807) is 116 Å². The molecule has 6 aromatic heterocycles. The number of benzene rings is 6. The highest BCUT2D eigenvalue weighted by Gasteiger charge is 2.28. The van der Waals surface area contributed by atoms with Crippen LogP contribution in [-0.4, -0.2) is 54.8 Å². The lowest BCUT2D eigenvalue weighted by Crippen LogP contribution is -2.31. The molecule has 29 heteroatoms. The predicted molar refractivity (Wildman–Crippen MR) is 359 cm³/mol. The Kier molecular flexibility index (Phi) is 22.9. The smallest absolute Gasteiger partial charge is 0.347 e. The van der Waals surface area contributed by atoms with Gasteiger partial charge in [0.25, 0.3) is 34.1 Å². The van der Waals surface area contributed by atoms with Crippen LogP contribution in [0.25, 0.3) is 56.1 Å². The number of halogens is 1. The maximum atomic E-state index is 11.4. The first kappa shape index (κ1) is 70.0. The highest BCUT2D eigenvalue weighted by molar-refractivity contribution is 6.32. The van der Waals surface area contributed by atoms with Crippen molar-refractivity contribution in [2.24, 2.45) is 0 Å². The predicted octanol–water partition coefficient (Wildman–Crippen LogP) is 13.1. The molecule has 6 aromatic carbocycles. The Morgan fingerprint density at radius 1 is 0.327 bits per heavy atom. The van der Waals surface area contributed by atoms with Gasteiger partial charge in [0, 0.05) is 133 Å². The first-order valence-corrected chi connectivity index (χ1v) is 29.2. The van der Waals surface area contributed by atoms with E-state index in [1.807, 2.05) is 91.1 Å². The van der Waals surface area contributed by atoms with Gasteiger partial charge >= 0.3 is 11.4 Å². The van der Waals surface area contributed by atoms with Gasteiger partial charge in [-0.25, -0.2) is 0 Å². The van der Waals surface area contributed by atoms with Crippen LogP contribution in [0.3, 0.4) is 0 Å². The number of nitrogens with two attached hydrogens (primary N) is 1. The second kappa shape index (κ2) is 32.1. The third kappa shape index (κ3) is 18.2. The molecule has 0 aliphatic rings. The molecule has 0 bridgehead atoms. The Labute approximate surface area is 560 Å². The van der Waals surface area contributed by atoms with Crippen LogP contribution in [0.15, 0.2) is 256 Å². The first-order valence-electron chi connectivity index (χ1n) is 28.8. The second-order valence-electron chi connectivity index (χ2n) is 21.0. The second-order valence-corrected chi connectivity index (χ2v) is 21.4. The van der Waals surface area contributed by atoms with E-state index in [2.05, 4.69) is 34.2 Å². The molecular weight excluding hydrogens is 1290 g/mol. The van der Waals surface area contributed by atoms with Crippen LogP contribution in [0.2, 0.25) is 5.02 Å². The van der Waals surface area contributed by atoms with Gasteiger partial charge in [0.2, 0.25) is 11.4 Å². The lowest BCUT2D eigenvalue weighted by atomic mass is 10.1. The van der Waals surface area contributed by atoms with Gasteiger partial charge < -0.3 is 21.1 Å². The minimum atomic E-state index is -0.769. The van der Waals surface area contributed by atoms with E-state index in [1.165, 1.54) is 44.5 Å². The van der Waals surface area contributed by atoms with Crippen molar-refractivity contribution < 1.29 is 63.1 Å². The number of pyridine rings is 6. The van der Waals surface area contributed by atoms with Gasteiger partial charge in [0.15, 0.2) is 49.6 Å². The van der Waals surface area contributed by atoms with E-state index >= 15 is 0 Å². The fourth-order valence-electron chi connectivity index (χ4n) is 9.46. The highest BCUT2D eigenvalue weighted by Crippen LogP contribution is 2.30. The third-order valence-electron chi connectivity index (χ3n) is 14.5. The summed E-state index contributed by atoms with van der Waals surface area (Å²) >= 11 is 5.43. The zero-order valence-electron chi connectivity index (χ0n) is 51.8. The molecule has 490 valence electrons. The molecule has 6 heterocycles. The number of rotatable bonds is 13. The number of aromatic nitrogens is 6. The van der Waals surface area contributed by atoms with Crippen molar-refractivity contribution in [2.45, 2.75) is 20.8 Å². The lowest BCUT2D eigenvalue weighted by Gasteiger charge is -2.04. The summed E-state index contributed by atoms with van der Waals surface area (Å²) < 4.78 is 6.99. The van der Waals surface area contributed by atoms with Gasteiger partial charge in [0.1, 0.15) is 34.4 Å². The maximum Gasteiger partial charge on any atom is 0.347 e. The van der Waals surface area contributed by atoms with Gasteiger partial charge in [-0.3, -0.25) is 70.7 Å². The molecule has 5 N–H and O–H groups in total.